The molecule has 0 fully saturated rings. The molecule has 0 aliphatic carbocycles. The number of rotatable bonds is 7. The van der Waals surface area contributed by atoms with Crippen LogP contribution in [-0.4, -0.2) is 23.9 Å². The Morgan fingerprint density at radius 1 is 1.15 bits per heavy atom. The highest BCUT2D eigenvalue weighted by Crippen LogP contribution is 2.14. The molecule has 0 saturated heterocycles. The SMILES string of the molecule is COc1ccc(Cc2nn(C[NH+](C)Cc3ccccc3C)c(=S)o2)cc1. The third kappa shape index (κ3) is 4.59. The molecule has 1 heterocycles. The van der Waals surface area contributed by atoms with E-state index in [0.29, 0.717) is 23.8 Å². The van der Waals surface area contributed by atoms with Crippen molar-refractivity contribution < 1.29 is 14.1 Å². The summed E-state index contributed by atoms with van der Waals surface area (Å²) >= 11 is 5.34. The van der Waals surface area contributed by atoms with Crippen molar-refractivity contribution in [1.82, 2.24) is 9.78 Å². The maximum atomic E-state index is 5.67. The maximum Gasteiger partial charge on any atom is 0.291 e. The van der Waals surface area contributed by atoms with Crippen LogP contribution in [0, 0.1) is 11.8 Å². The molecule has 3 aromatic rings. The lowest BCUT2D eigenvalue weighted by Crippen LogP contribution is -3.07. The number of aryl methyl sites for hydroxylation is 1. The van der Waals surface area contributed by atoms with Crippen LogP contribution in [0.25, 0.3) is 0 Å². The van der Waals surface area contributed by atoms with Gasteiger partial charge in [-0.1, -0.05) is 36.4 Å². The molecular formula is C20H24N3O2S+. The van der Waals surface area contributed by atoms with Gasteiger partial charge in [-0.25, -0.2) is 0 Å². The predicted octanol–water partition coefficient (Wildman–Crippen LogP) is 2.79. The standard InChI is InChI=1S/C20H23N3O2S/c1-15-6-4-5-7-17(15)13-22(2)14-23-20(26)25-19(21-23)12-16-8-10-18(24-3)11-9-16/h4-11H,12-14H2,1-3H3/p+1. The smallest absolute Gasteiger partial charge is 0.291 e. The van der Waals surface area contributed by atoms with Gasteiger partial charge in [0.15, 0.2) is 6.67 Å². The van der Waals surface area contributed by atoms with Gasteiger partial charge in [-0.3, -0.25) is 0 Å². The van der Waals surface area contributed by atoms with Crippen LogP contribution in [0.15, 0.2) is 52.9 Å². The third-order valence-electron chi connectivity index (χ3n) is 4.34. The Bertz CT molecular complexity index is 915. The zero-order chi connectivity index (χ0) is 18.5. The first-order chi connectivity index (χ1) is 12.5. The van der Waals surface area contributed by atoms with Gasteiger partial charge in [0, 0.05) is 5.56 Å². The molecule has 0 aliphatic heterocycles. The Morgan fingerprint density at radius 2 is 1.88 bits per heavy atom. The first-order valence-corrected chi connectivity index (χ1v) is 9.01. The van der Waals surface area contributed by atoms with Gasteiger partial charge < -0.3 is 14.1 Å². The van der Waals surface area contributed by atoms with Crippen molar-refractivity contribution >= 4 is 12.2 Å². The van der Waals surface area contributed by atoms with Gasteiger partial charge in [0.25, 0.3) is 4.84 Å². The van der Waals surface area contributed by atoms with Crippen molar-refractivity contribution in [1.29, 1.82) is 0 Å². The number of aromatic nitrogens is 2. The van der Waals surface area contributed by atoms with E-state index in [4.69, 9.17) is 21.4 Å². The lowest BCUT2D eigenvalue weighted by molar-refractivity contribution is -0.917. The lowest BCUT2D eigenvalue weighted by Gasteiger charge is -2.14. The first-order valence-electron chi connectivity index (χ1n) is 8.60. The van der Waals surface area contributed by atoms with Crippen LogP contribution >= 0.6 is 12.2 Å². The number of ether oxygens (including phenoxy) is 1. The number of methoxy groups -OCH3 is 1. The number of hydrogen-bond donors (Lipinski definition) is 1. The highest BCUT2D eigenvalue weighted by Gasteiger charge is 2.12. The molecule has 1 N–H and O–H groups in total. The highest BCUT2D eigenvalue weighted by molar-refractivity contribution is 7.71. The molecular weight excluding hydrogens is 346 g/mol. The maximum absolute atomic E-state index is 5.67. The zero-order valence-corrected chi connectivity index (χ0v) is 16.2. The summed E-state index contributed by atoms with van der Waals surface area (Å²) in [6.07, 6.45) is 0.609. The molecule has 1 aromatic heterocycles. The molecule has 0 amide bonds. The molecule has 0 aliphatic rings. The number of benzene rings is 2. The van der Waals surface area contributed by atoms with Gasteiger partial charge in [-0.05, 0) is 42.4 Å². The molecule has 136 valence electrons. The molecule has 2 aromatic carbocycles. The van der Waals surface area contributed by atoms with Crippen LogP contribution < -0.4 is 9.64 Å². The zero-order valence-electron chi connectivity index (χ0n) is 15.4. The van der Waals surface area contributed by atoms with Crippen LogP contribution in [0.4, 0.5) is 0 Å². The summed E-state index contributed by atoms with van der Waals surface area (Å²) in [4.78, 5) is 1.71. The topological polar surface area (TPSA) is 44.6 Å². The molecule has 26 heavy (non-hydrogen) atoms. The van der Waals surface area contributed by atoms with E-state index in [1.54, 1.807) is 11.8 Å². The lowest BCUT2D eigenvalue weighted by atomic mass is 10.1. The second kappa shape index (κ2) is 8.29. The molecule has 3 rings (SSSR count). The average molecular weight is 370 g/mol. The fourth-order valence-electron chi connectivity index (χ4n) is 2.88. The van der Waals surface area contributed by atoms with Crippen LogP contribution in [0.3, 0.4) is 0 Å². The molecule has 1 atom stereocenters. The third-order valence-corrected chi connectivity index (χ3v) is 4.63. The second-order valence-electron chi connectivity index (χ2n) is 6.50. The minimum Gasteiger partial charge on any atom is -0.497 e. The van der Waals surface area contributed by atoms with E-state index in [1.807, 2.05) is 24.3 Å². The van der Waals surface area contributed by atoms with Crippen molar-refractivity contribution in [3.63, 3.8) is 0 Å². The minimum absolute atomic E-state index is 0.414. The fourth-order valence-corrected chi connectivity index (χ4v) is 3.09. The van der Waals surface area contributed by atoms with Crippen LogP contribution in [0.2, 0.25) is 0 Å². The van der Waals surface area contributed by atoms with Crippen molar-refractivity contribution in [3.05, 3.63) is 75.9 Å². The van der Waals surface area contributed by atoms with Crippen molar-refractivity contribution in [2.75, 3.05) is 14.2 Å². The Labute approximate surface area is 158 Å². The van der Waals surface area contributed by atoms with Gasteiger partial charge in [0.05, 0.1) is 20.6 Å². The van der Waals surface area contributed by atoms with E-state index < -0.39 is 0 Å². The molecule has 6 heteroatoms. The molecule has 0 saturated carbocycles. The van der Waals surface area contributed by atoms with E-state index in [0.717, 1.165) is 17.9 Å². The summed E-state index contributed by atoms with van der Waals surface area (Å²) < 4.78 is 12.6. The first kappa shape index (κ1) is 18.4. The molecule has 0 spiro atoms. The van der Waals surface area contributed by atoms with E-state index in [-0.39, 0.29) is 0 Å². The van der Waals surface area contributed by atoms with Gasteiger partial charge in [-0.2, -0.15) is 4.68 Å². The molecule has 0 radical (unpaired) electrons. The Hall–Kier alpha value is -2.44. The summed E-state index contributed by atoms with van der Waals surface area (Å²) in [6.45, 7) is 3.71. The average Bonchev–Trinajstić information content (AvgIpc) is 2.96. The number of quaternary nitrogens is 1. The normalized spacial score (nSPS) is 12.1. The van der Waals surface area contributed by atoms with Gasteiger partial charge >= 0.3 is 0 Å². The fraction of sp³-hybridized carbons (Fsp3) is 0.300. The van der Waals surface area contributed by atoms with Crippen molar-refractivity contribution in [3.8, 4) is 5.75 Å². The molecule has 5 nitrogen and oxygen atoms in total. The molecule has 0 bridgehead atoms. The van der Waals surface area contributed by atoms with E-state index in [2.05, 4.69) is 43.3 Å². The number of nitrogens with one attached hydrogen (secondary N) is 1. The largest absolute Gasteiger partial charge is 0.497 e. The molecule has 1 unspecified atom stereocenters. The van der Waals surface area contributed by atoms with Gasteiger partial charge in [0.2, 0.25) is 5.89 Å². The summed E-state index contributed by atoms with van der Waals surface area (Å²) in [7, 11) is 3.79. The van der Waals surface area contributed by atoms with Crippen LogP contribution in [0.5, 0.6) is 5.75 Å². The van der Waals surface area contributed by atoms with Crippen molar-refractivity contribution in [2.24, 2.45) is 0 Å². The number of hydrogen-bond acceptors (Lipinski definition) is 4. The Balaban J connectivity index is 1.65. The Kier molecular flexibility index (Phi) is 5.85. The summed E-state index contributed by atoms with van der Waals surface area (Å²) in [5.74, 6) is 1.46. The van der Waals surface area contributed by atoms with Crippen LogP contribution in [0.1, 0.15) is 22.6 Å². The van der Waals surface area contributed by atoms with Crippen molar-refractivity contribution in [2.45, 2.75) is 26.6 Å². The Morgan fingerprint density at radius 3 is 2.58 bits per heavy atom. The number of nitrogens with zero attached hydrogens (tertiary/aromatic N) is 2. The monoisotopic (exact) mass is 370 g/mol. The quantitative estimate of drug-likeness (QED) is 0.650. The highest BCUT2D eigenvalue weighted by atomic mass is 32.1. The van der Waals surface area contributed by atoms with E-state index in [9.17, 15) is 0 Å². The summed E-state index contributed by atoms with van der Waals surface area (Å²) in [6, 6.07) is 16.3. The van der Waals surface area contributed by atoms with Gasteiger partial charge in [-0.15, -0.1) is 5.10 Å². The van der Waals surface area contributed by atoms with Gasteiger partial charge in [0.1, 0.15) is 12.3 Å². The summed E-state index contributed by atoms with van der Waals surface area (Å²) in [5.41, 5.74) is 3.74. The summed E-state index contributed by atoms with van der Waals surface area (Å²) in [5, 5.41) is 4.55. The minimum atomic E-state index is 0.414. The van der Waals surface area contributed by atoms with Crippen LogP contribution in [-0.2, 0) is 19.6 Å². The second-order valence-corrected chi connectivity index (χ2v) is 6.85. The van der Waals surface area contributed by atoms with E-state index in [1.165, 1.54) is 16.0 Å². The predicted molar refractivity (Wildman–Crippen MR) is 103 cm³/mol. The van der Waals surface area contributed by atoms with E-state index >= 15 is 0 Å².